The first-order valence-corrected chi connectivity index (χ1v) is 15.3. The van der Waals surface area contributed by atoms with Crippen molar-refractivity contribution in [3.8, 4) is 0 Å². The Balaban J connectivity index is 1.57. The molecular weight excluding hydrogens is 538 g/mol. The molecular formula is C28H25N3O6S2. The van der Waals surface area contributed by atoms with E-state index in [4.69, 9.17) is 0 Å². The van der Waals surface area contributed by atoms with Crippen molar-refractivity contribution >= 4 is 54.9 Å². The molecule has 0 saturated heterocycles. The number of ketones is 1. The maximum atomic E-state index is 14.1. The lowest BCUT2D eigenvalue weighted by Crippen LogP contribution is -2.42. The van der Waals surface area contributed by atoms with Gasteiger partial charge in [0.1, 0.15) is 16.2 Å². The first-order valence-electron chi connectivity index (χ1n) is 11.9. The van der Waals surface area contributed by atoms with Crippen LogP contribution in [0.2, 0.25) is 0 Å². The third kappa shape index (κ3) is 4.98. The summed E-state index contributed by atoms with van der Waals surface area (Å²) >= 11 is 0. The molecule has 1 aliphatic heterocycles. The third-order valence-electron chi connectivity index (χ3n) is 6.64. The topological polar surface area (TPSA) is 142 Å². The molecule has 3 aromatic rings. The lowest BCUT2D eigenvalue weighted by molar-refractivity contribution is -0.120. The number of hydrogen-bond donors (Lipinski definition) is 3. The fourth-order valence-electron chi connectivity index (χ4n) is 4.77. The average Bonchev–Trinajstić information content (AvgIpc) is 2.88. The van der Waals surface area contributed by atoms with E-state index in [0.29, 0.717) is 11.1 Å². The van der Waals surface area contributed by atoms with Gasteiger partial charge in [0, 0.05) is 11.3 Å². The molecule has 0 saturated carbocycles. The van der Waals surface area contributed by atoms with E-state index < -0.39 is 31.2 Å². The van der Waals surface area contributed by atoms with Crippen LogP contribution in [0.1, 0.15) is 30.0 Å². The van der Waals surface area contributed by atoms with Gasteiger partial charge in [-0.1, -0.05) is 66.7 Å². The van der Waals surface area contributed by atoms with Gasteiger partial charge < -0.3 is 10.4 Å². The maximum Gasteiger partial charge on any atom is 0.286 e. The average molecular weight is 564 g/mol. The lowest BCUT2D eigenvalue weighted by atomic mass is 9.67. The van der Waals surface area contributed by atoms with Gasteiger partial charge in [-0.05, 0) is 42.7 Å². The highest BCUT2D eigenvalue weighted by molar-refractivity contribution is 7.92. The molecule has 1 aliphatic carbocycles. The summed E-state index contributed by atoms with van der Waals surface area (Å²) < 4.78 is 55.6. The smallest absolute Gasteiger partial charge is 0.286 e. The lowest BCUT2D eigenvalue weighted by Gasteiger charge is -2.35. The summed E-state index contributed by atoms with van der Waals surface area (Å²) in [6, 6.07) is 20.4. The van der Waals surface area contributed by atoms with Gasteiger partial charge in [-0.25, -0.2) is 8.42 Å². The van der Waals surface area contributed by atoms with E-state index in [1.165, 1.54) is 12.1 Å². The highest BCUT2D eigenvalue weighted by atomic mass is 32.2. The van der Waals surface area contributed by atoms with Gasteiger partial charge in [-0.2, -0.15) is 8.42 Å². The van der Waals surface area contributed by atoms with Gasteiger partial charge in [-0.15, -0.1) is 4.40 Å². The zero-order valence-electron chi connectivity index (χ0n) is 21.0. The number of nitrogens with zero attached hydrogens (tertiary/aromatic N) is 1. The molecule has 11 heteroatoms. The first kappa shape index (κ1) is 26.4. The second-order valence-corrected chi connectivity index (χ2v) is 12.9. The monoisotopic (exact) mass is 563 g/mol. The summed E-state index contributed by atoms with van der Waals surface area (Å²) in [4.78, 5) is 13.8. The molecule has 1 atom stereocenters. The predicted octanol–water partition coefficient (Wildman–Crippen LogP) is 4.48. The largest absolute Gasteiger partial charge is 0.506 e. The van der Waals surface area contributed by atoms with Gasteiger partial charge in [0.2, 0.25) is 10.0 Å². The minimum atomic E-state index is -4.35. The number of rotatable bonds is 6. The van der Waals surface area contributed by atoms with Crippen LogP contribution in [-0.2, 0) is 30.3 Å². The quantitative estimate of drug-likeness (QED) is 0.401. The standard InChI is InChI=1S/C28H25N3O6S2/c1-28(16-8-11-18-9-4-3-5-10-18)21-13-7-6-12-20(21)25(32)24(26(28)33)27-29-22-15-14-19(30-38(2,34)35)17-23(22)39(36,37)31-27/h3-15,17,30,32H,16H2,1-2H3,(H,29,31)/b11-8+. The van der Waals surface area contributed by atoms with Crippen molar-refractivity contribution in [2.24, 2.45) is 4.40 Å². The second-order valence-electron chi connectivity index (χ2n) is 9.57. The maximum absolute atomic E-state index is 14.1. The van der Waals surface area contributed by atoms with E-state index in [2.05, 4.69) is 14.4 Å². The Bertz CT molecular complexity index is 1810. The predicted molar refractivity (Wildman–Crippen MR) is 152 cm³/mol. The van der Waals surface area contributed by atoms with Crippen LogP contribution >= 0.6 is 0 Å². The fourth-order valence-corrected chi connectivity index (χ4v) is 6.48. The zero-order chi connectivity index (χ0) is 28.0. The Morgan fingerprint density at radius 1 is 1.05 bits per heavy atom. The summed E-state index contributed by atoms with van der Waals surface area (Å²) in [5.74, 6) is -1.17. The summed E-state index contributed by atoms with van der Waals surface area (Å²) in [5.41, 5.74) is 0.757. The van der Waals surface area contributed by atoms with Crippen molar-refractivity contribution in [3.63, 3.8) is 0 Å². The molecule has 3 N–H and O–H groups in total. The Morgan fingerprint density at radius 3 is 2.46 bits per heavy atom. The number of allylic oxidation sites excluding steroid dienone is 1. The number of carbonyl (C=O) groups excluding carboxylic acids is 1. The highest BCUT2D eigenvalue weighted by Crippen LogP contribution is 2.43. The fraction of sp³-hybridized carbons (Fsp3) is 0.143. The number of anilines is 2. The zero-order valence-corrected chi connectivity index (χ0v) is 22.7. The molecule has 1 unspecified atom stereocenters. The molecule has 39 heavy (non-hydrogen) atoms. The number of benzene rings is 3. The van der Waals surface area contributed by atoms with Crippen molar-refractivity contribution in [2.75, 3.05) is 16.3 Å². The van der Waals surface area contributed by atoms with E-state index in [1.54, 1.807) is 31.2 Å². The number of carbonyl (C=O) groups is 1. The number of amidine groups is 1. The van der Waals surface area contributed by atoms with Crippen LogP contribution in [0.25, 0.3) is 11.8 Å². The molecule has 0 spiro atoms. The van der Waals surface area contributed by atoms with Gasteiger partial charge in [-0.3, -0.25) is 9.52 Å². The Labute approximate surface area is 226 Å². The van der Waals surface area contributed by atoms with E-state index in [9.17, 15) is 26.7 Å². The molecule has 0 fully saturated rings. The Morgan fingerprint density at radius 2 is 1.74 bits per heavy atom. The van der Waals surface area contributed by atoms with Crippen LogP contribution in [0, 0.1) is 0 Å². The number of aliphatic hydroxyl groups is 1. The molecule has 2 aliphatic rings. The van der Waals surface area contributed by atoms with E-state index in [-0.39, 0.29) is 39.9 Å². The molecule has 0 bridgehead atoms. The molecule has 3 aromatic carbocycles. The molecule has 0 radical (unpaired) electrons. The van der Waals surface area contributed by atoms with E-state index in [0.717, 1.165) is 17.9 Å². The molecule has 200 valence electrons. The minimum Gasteiger partial charge on any atom is -0.506 e. The Kier molecular flexibility index (Phi) is 6.44. The van der Waals surface area contributed by atoms with Crippen LogP contribution in [-0.4, -0.2) is 39.8 Å². The number of nitrogens with one attached hydrogen (secondary N) is 2. The second kappa shape index (κ2) is 9.51. The van der Waals surface area contributed by atoms with Crippen molar-refractivity contribution < 1.29 is 26.7 Å². The van der Waals surface area contributed by atoms with Crippen molar-refractivity contribution in [2.45, 2.75) is 23.7 Å². The van der Waals surface area contributed by atoms with Gasteiger partial charge in [0.25, 0.3) is 10.0 Å². The first-order chi connectivity index (χ1) is 18.4. The molecule has 0 aromatic heterocycles. The summed E-state index contributed by atoms with van der Waals surface area (Å²) in [5, 5.41) is 14.1. The normalized spacial score (nSPS) is 20.2. The van der Waals surface area contributed by atoms with Crippen LogP contribution in [0.4, 0.5) is 11.4 Å². The molecule has 9 nitrogen and oxygen atoms in total. The van der Waals surface area contributed by atoms with Crippen LogP contribution in [0.3, 0.4) is 0 Å². The van der Waals surface area contributed by atoms with Crippen molar-refractivity contribution in [1.29, 1.82) is 0 Å². The number of aliphatic hydroxyl groups excluding tert-OH is 1. The van der Waals surface area contributed by atoms with Crippen molar-refractivity contribution in [3.05, 3.63) is 101 Å². The third-order valence-corrected chi connectivity index (χ3v) is 8.56. The minimum absolute atomic E-state index is 0.0442. The number of Topliss-reactive ketones (excluding diaryl/α,β-unsaturated/α-hetero) is 1. The molecule has 1 heterocycles. The number of sulfonamides is 2. The molecule has 0 amide bonds. The number of fused-ring (bicyclic) bond motifs is 2. The van der Waals surface area contributed by atoms with Crippen LogP contribution in [0.15, 0.2) is 93.7 Å². The summed E-state index contributed by atoms with van der Waals surface area (Å²) in [6.07, 6.45) is 5.01. The molecule has 5 rings (SSSR count). The van der Waals surface area contributed by atoms with Gasteiger partial charge in [0.15, 0.2) is 11.6 Å². The highest BCUT2D eigenvalue weighted by Gasteiger charge is 2.46. The van der Waals surface area contributed by atoms with Crippen molar-refractivity contribution in [1.82, 2.24) is 0 Å². The van der Waals surface area contributed by atoms with E-state index >= 15 is 0 Å². The summed E-state index contributed by atoms with van der Waals surface area (Å²) in [6.45, 7) is 1.75. The van der Waals surface area contributed by atoms with E-state index in [1.807, 2.05) is 42.5 Å². The summed E-state index contributed by atoms with van der Waals surface area (Å²) in [7, 11) is -8.00. The van der Waals surface area contributed by atoms with Crippen LogP contribution in [0.5, 0.6) is 0 Å². The number of hydrogen-bond acceptors (Lipinski definition) is 7. The van der Waals surface area contributed by atoms with Crippen LogP contribution < -0.4 is 10.0 Å². The van der Waals surface area contributed by atoms with Gasteiger partial charge in [0.05, 0.1) is 17.4 Å². The Hall–Kier alpha value is -4.22. The van der Waals surface area contributed by atoms with Gasteiger partial charge >= 0.3 is 0 Å². The SMILES string of the molecule is CC1(C/C=C/c2ccccc2)C(=O)C(C2=NS(=O)(=O)c3cc(NS(C)(=O)=O)ccc3N2)=C(O)c2ccccc21.